The van der Waals surface area contributed by atoms with Crippen molar-refractivity contribution in [2.45, 2.75) is 43.6 Å². The number of hydrogen-bond acceptors (Lipinski definition) is 4. The molecule has 1 aliphatic carbocycles. The standard InChI is InChI=1S/C12H20F3N3O2/c13-12(14,15)10(3-4-16)18-5-6-20-7-9(18)11(19)17-8-1-2-8/h8-10H,1-7,16H2,(H,17,19). The number of nitrogens with two attached hydrogens (primary N) is 1. The molecule has 0 spiro atoms. The molecule has 0 bridgehead atoms. The Bertz CT molecular complexity index is 347. The number of carbonyl (C=O) groups excluding carboxylic acids is 1. The number of alkyl halides is 3. The van der Waals surface area contributed by atoms with Gasteiger partial charge in [0, 0.05) is 12.6 Å². The van der Waals surface area contributed by atoms with Crippen molar-refractivity contribution in [3.05, 3.63) is 0 Å². The Morgan fingerprint density at radius 1 is 1.45 bits per heavy atom. The van der Waals surface area contributed by atoms with Crippen molar-refractivity contribution in [1.29, 1.82) is 0 Å². The highest BCUT2D eigenvalue weighted by Gasteiger charge is 2.47. The molecule has 2 fully saturated rings. The van der Waals surface area contributed by atoms with Gasteiger partial charge in [0.05, 0.1) is 13.2 Å². The number of morpholine rings is 1. The van der Waals surface area contributed by atoms with Gasteiger partial charge in [0.25, 0.3) is 0 Å². The highest BCUT2D eigenvalue weighted by molar-refractivity contribution is 5.82. The molecule has 1 aliphatic heterocycles. The van der Waals surface area contributed by atoms with E-state index in [-0.39, 0.29) is 44.7 Å². The molecule has 1 heterocycles. The van der Waals surface area contributed by atoms with Crippen molar-refractivity contribution in [2.24, 2.45) is 5.73 Å². The quantitative estimate of drug-likeness (QED) is 0.763. The van der Waals surface area contributed by atoms with Gasteiger partial charge < -0.3 is 15.8 Å². The molecule has 116 valence electrons. The first-order chi connectivity index (χ1) is 9.43. The molecule has 20 heavy (non-hydrogen) atoms. The smallest absolute Gasteiger partial charge is 0.378 e. The van der Waals surface area contributed by atoms with Crippen molar-refractivity contribution < 1.29 is 22.7 Å². The number of ether oxygens (including phenoxy) is 1. The Morgan fingerprint density at radius 3 is 2.70 bits per heavy atom. The van der Waals surface area contributed by atoms with Gasteiger partial charge in [-0.05, 0) is 25.8 Å². The summed E-state index contributed by atoms with van der Waals surface area (Å²) in [7, 11) is 0. The van der Waals surface area contributed by atoms with Crippen LogP contribution in [0, 0.1) is 0 Å². The Kier molecular flexibility index (Phi) is 4.87. The van der Waals surface area contributed by atoms with Crippen LogP contribution in [0.4, 0.5) is 13.2 Å². The van der Waals surface area contributed by atoms with Crippen LogP contribution in [-0.4, -0.2) is 61.4 Å². The van der Waals surface area contributed by atoms with Crippen LogP contribution in [0.25, 0.3) is 0 Å². The summed E-state index contributed by atoms with van der Waals surface area (Å²) < 4.78 is 44.6. The van der Waals surface area contributed by atoms with Crippen molar-refractivity contribution in [2.75, 3.05) is 26.3 Å². The topological polar surface area (TPSA) is 67.6 Å². The van der Waals surface area contributed by atoms with Crippen molar-refractivity contribution in [1.82, 2.24) is 10.2 Å². The zero-order chi connectivity index (χ0) is 14.8. The van der Waals surface area contributed by atoms with Crippen LogP contribution in [0.2, 0.25) is 0 Å². The molecule has 2 unspecified atom stereocenters. The van der Waals surface area contributed by atoms with E-state index in [9.17, 15) is 18.0 Å². The minimum atomic E-state index is -4.39. The fourth-order valence-corrected chi connectivity index (χ4v) is 2.42. The van der Waals surface area contributed by atoms with Gasteiger partial charge in [-0.15, -0.1) is 0 Å². The van der Waals surface area contributed by atoms with Gasteiger partial charge in [-0.25, -0.2) is 0 Å². The number of rotatable bonds is 5. The maximum absolute atomic E-state index is 13.1. The second-order valence-corrected chi connectivity index (χ2v) is 5.25. The lowest BCUT2D eigenvalue weighted by Gasteiger charge is -2.40. The van der Waals surface area contributed by atoms with E-state index in [1.54, 1.807) is 0 Å². The number of halogens is 3. The van der Waals surface area contributed by atoms with Crippen molar-refractivity contribution in [3.63, 3.8) is 0 Å². The zero-order valence-corrected chi connectivity index (χ0v) is 11.2. The summed E-state index contributed by atoms with van der Waals surface area (Å²) in [5.41, 5.74) is 5.29. The Hall–Kier alpha value is -0.860. The summed E-state index contributed by atoms with van der Waals surface area (Å²) >= 11 is 0. The summed E-state index contributed by atoms with van der Waals surface area (Å²) in [5, 5.41) is 2.74. The van der Waals surface area contributed by atoms with E-state index in [2.05, 4.69) is 5.32 Å². The minimum Gasteiger partial charge on any atom is -0.378 e. The van der Waals surface area contributed by atoms with Gasteiger partial charge in [0.1, 0.15) is 12.1 Å². The fourth-order valence-electron chi connectivity index (χ4n) is 2.42. The summed E-state index contributed by atoms with van der Waals surface area (Å²) in [4.78, 5) is 13.3. The molecule has 0 aromatic heterocycles. The number of hydrogen-bond donors (Lipinski definition) is 2. The van der Waals surface area contributed by atoms with E-state index >= 15 is 0 Å². The lowest BCUT2D eigenvalue weighted by molar-refractivity contribution is -0.202. The first kappa shape index (κ1) is 15.5. The molecule has 1 amide bonds. The second kappa shape index (κ2) is 6.28. The van der Waals surface area contributed by atoms with Gasteiger partial charge in [-0.2, -0.15) is 13.2 Å². The SMILES string of the molecule is NCCC(N1CCOCC1C(=O)NC1CC1)C(F)(F)F. The van der Waals surface area contributed by atoms with E-state index in [1.165, 1.54) is 4.90 Å². The summed E-state index contributed by atoms with van der Waals surface area (Å²) in [6.45, 7) is 0.214. The molecule has 3 N–H and O–H groups in total. The maximum Gasteiger partial charge on any atom is 0.404 e. The van der Waals surface area contributed by atoms with E-state index in [1.807, 2.05) is 0 Å². The lowest BCUT2D eigenvalue weighted by atomic mass is 10.1. The summed E-state index contributed by atoms with van der Waals surface area (Å²) in [6, 6.07) is -2.46. The number of nitrogens with zero attached hydrogens (tertiary/aromatic N) is 1. The predicted molar refractivity (Wildman–Crippen MR) is 66.0 cm³/mol. The predicted octanol–water partition coefficient (Wildman–Crippen LogP) is 0.245. The first-order valence-electron chi connectivity index (χ1n) is 6.84. The molecular weight excluding hydrogens is 275 g/mol. The van der Waals surface area contributed by atoms with Crippen LogP contribution in [0.3, 0.4) is 0 Å². The van der Waals surface area contributed by atoms with Crippen molar-refractivity contribution in [3.8, 4) is 0 Å². The van der Waals surface area contributed by atoms with Crippen LogP contribution in [0.15, 0.2) is 0 Å². The third kappa shape index (κ3) is 3.83. The summed E-state index contributed by atoms with van der Waals surface area (Å²) in [6.07, 6.45) is -2.82. The number of nitrogens with one attached hydrogen (secondary N) is 1. The Balaban J connectivity index is 2.08. The monoisotopic (exact) mass is 295 g/mol. The van der Waals surface area contributed by atoms with Crippen LogP contribution < -0.4 is 11.1 Å². The van der Waals surface area contributed by atoms with E-state index < -0.39 is 18.3 Å². The lowest BCUT2D eigenvalue weighted by Crippen LogP contribution is -2.61. The molecule has 2 aliphatic rings. The van der Waals surface area contributed by atoms with Gasteiger partial charge in [-0.1, -0.05) is 0 Å². The van der Waals surface area contributed by atoms with Crippen molar-refractivity contribution >= 4 is 5.91 Å². The largest absolute Gasteiger partial charge is 0.404 e. The summed E-state index contributed by atoms with van der Waals surface area (Å²) in [5.74, 6) is -0.376. The number of carbonyl (C=O) groups is 1. The van der Waals surface area contributed by atoms with E-state index in [0.717, 1.165) is 12.8 Å². The highest BCUT2D eigenvalue weighted by Crippen LogP contribution is 2.30. The van der Waals surface area contributed by atoms with E-state index in [4.69, 9.17) is 10.5 Å². The molecule has 0 aromatic rings. The Morgan fingerprint density at radius 2 is 2.15 bits per heavy atom. The number of amides is 1. The average molecular weight is 295 g/mol. The Labute approximate surface area is 115 Å². The van der Waals surface area contributed by atoms with Gasteiger partial charge in [0.15, 0.2) is 0 Å². The van der Waals surface area contributed by atoms with Crippen LogP contribution in [-0.2, 0) is 9.53 Å². The third-order valence-electron chi connectivity index (χ3n) is 3.61. The molecule has 0 aromatic carbocycles. The molecule has 5 nitrogen and oxygen atoms in total. The van der Waals surface area contributed by atoms with Gasteiger partial charge >= 0.3 is 6.18 Å². The van der Waals surface area contributed by atoms with E-state index in [0.29, 0.717) is 0 Å². The molecule has 1 saturated carbocycles. The maximum atomic E-state index is 13.1. The molecular formula is C12H20F3N3O2. The molecule has 2 atom stereocenters. The second-order valence-electron chi connectivity index (χ2n) is 5.25. The molecule has 2 rings (SSSR count). The molecule has 8 heteroatoms. The molecule has 0 radical (unpaired) electrons. The van der Waals surface area contributed by atoms with Crippen LogP contribution in [0.1, 0.15) is 19.3 Å². The van der Waals surface area contributed by atoms with Gasteiger partial charge in [0.2, 0.25) is 5.91 Å². The normalized spacial score (nSPS) is 26.3. The highest BCUT2D eigenvalue weighted by atomic mass is 19.4. The first-order valence-corrected chi connectivity index (χ1v) is 6.84. The van der Waals surface area contributed by atoms with Crippen LogP contribution >= 0.6 is 0 Å². The molecule has 1 saturated heterocycles. The van der Waals surface area contributed by atoms with Crippen LogP contribution in [0.5, 0.6) is 0 Å². The van der Waals surface area contributed by atoms with Gasteiger partial charge in [-0.3, -0.25) is 9.69 Å². The fraction of sp³-hybridized carbons (Fsp3) is 0.917. The average Bonchev–Trinajstić information content (AvgIpc) is 3.18. The third-order valence-corrected chi connectivity index (χ3v) is 3.61. The minimum absolute atomic E-state index is 0.00426. The zero-order valence-electron chi connectivity index (χ0n) is 11.2.